The minimum absolute atomic E-state index is 0.107. The Labute approximate surface area is 108 Å². The van der Waals surface area contributed by atoms with Gasteiger partial charge in [-0.05, 0) is 57.9 Å². The van der Waals surface area contributed by atoms with Crippen LogP contribution in [0, 0.1) is 11.8 Å². The van der Waals surface area contributed by atoms with E-state index < -0.39 is 0 Å². The van der Waals surface area contributed by atoms with Crippen molar-refractivity contribution in [2.24, 2.45) is 11.8 Å². The van der Waals surface area contributed by atoms with Gasteiger partial charge in [-0.3, -0.25) is 0 Å². The molecule has 2 heteroatoms. The molecule has 1 aliphatic carbocycles. The quantitative estimate of drug-likeness (QED) is 0.767. The van der Waals surface area contributed by atoms with Crippen molar-refractivity contribution in [2.45, 2.75) is 72.0 Å². The predicted molar refractivity (Wildman–Crippen MR) is 74.3 cm³/mol. The number of hydrogen-bond acceptors (Lipinski definition) is 2. The lowest BCUT2D eigenvalue weighted by atomic mass is 9.74. The van der Waals surface area contributed by atoms with Gasteiger partial charge in [0.15, 0.2) is 0 Å². The zero-order chi connectivity index (χ0) is 12.9. The lowest BCUT2D eigenvalue weighted by Crippen LogP contribution is -2.47. The minimum atomic E-state index is 0.107. The Kier molecular flexibility index (Phi) is 5.94. The maximum Gasteiger partial charge on any atom is 0.0809 e. The van der Waals surface area contributed by atoms with Crippen molar-refractivity contribution in [1.82, 2.24) is 5.32 Å². The van der Waals surface area contributed by atoms with Gasteiger partial charge in [-0.1, -0.05) is 20.8 Å². The molecule has 0 aromatic heterocycles. The molecule has 2 nitrogen and oxygen atoms in total. The van der Waals surface area contributed by atoms with Crippen LogP contribution in [-0.2, 0) is 4.74 Å². The lowest BCUT2D eigenvalue weighted by molar-refractivity contribution is -0.108. The van der Waals surface area contributed by atoms with Gasteiger partial charge in [-0.25, -0.2) is 0 Å². The van der Waals surface area contributed by atoms with Crippen LogP contribution in [0.25, 0.3) is 0 Å². The second kappa shape index (κ2) is 6.75. The predicted octanol–water partition coefficient (Wildman–Crippen LogP) is 3.61. The summed E-state index contributed by atoms with van der Waals surface area (Å²) in [5, 5.41) is 3.48. The van der Waals surface area contributed by atoms with Gasteiger partial charge >= 0.3 is 0 Å². The molecule has 0 unspecified atom stereocenters. The minimum Gasteiger partial charge on any atom is -0.371 e. The molecule has 0 aromatic rings. The van der Waals surface area contributed by atoms with E-state index in [1.165, 1.54) is 25.7 Å². The van der Waals surface area contributed by atoms with Crippen LogP contribution in [0.4, 0.5) is 0 Å². The van der Waals surface area contributed by atoms with Gasteiger partial charge < -0.3 is 10.1 Å². The Bertz CT molecular complexity index is 205. The molecule has 1 aliphatic rings. The van der Waals surface area contributed by atoms with Crippen molar-refractivity contribution in [3.05, 3.63) is 0 Å². The van der Waals surface area contributed by atoms with Crippen LogP contribution < -0.4 is 5.32 Å². The van der Waals surface area contributed by atoms with Gasteiger partial charge in [0.05, 0.1) is 11.7 Å². The third kappa shape index (κ3) is 4.59. The van der Waals surface area contributed by atoms with Gasteiger partial charge in [0.2, 0.25) is 0 Å². The first-order valence-corrected chi connectivity index (χ1v) is 7.37. The summed E-state index contributed by atoms with van der Waals surface area (Å²) in [4.78, 5) is 0. The van der Waals surface area contributed by atoms with E-state index in [1.807, 2.05) is 0 Å². The third-order valence-electron chi connectivity index (χ3n) is 4.07. The van der Waals surface area contributed by atoms with Crippen molar-refractivity contribution in [2.75, 3.05) is 13.1 Å². The Morgan fingerprint density at radius 1 is 1.18 bits per heavy atom. The summed E-state index contributed by atoms with van der Waals surface area (Å²) in [7, 11) is 0. The van der Waals surface area contributed by atoms with Crippen LogP contribution in [0.15, 0.2) is 0 Å². The molecule has 1 rings (SSSR count). The number of likely N-dealkylation sites (N-methyl/N-ethyl adjacent to an activating group) is 1. The molecular formula is C15H31NO. The van der Waals surface area contributed by atoms with E-state index in [2.05, 4.69) is 39.9 Å². The molecule has 0 atom stereocenters. The molecule has 102 valence electrons. The number of ether oxygens (including phenoxy) is 1. The van der Waals surface area contributed by atoms with Crippen molar-refractivity contribution in [3.63, 3.8) is 0 Å². The van der Waals surface area contributed by atoms with Crippen molar-refractivity contribution >= 4 is 0 Å². The summed E-state index contributed by atoms with van der Waals surface area (Å²) in [6.07, 6.45) is 5.44. The monoisotopic (exact) mass is 241 g/mol. The largest absolute Gasteiger partial charge is 0.371 e. The Morgan fingerprint density at radius 2 is 1.76 bits per heavy atom. The Hall–Kier alpha value is -0.0800. The van der Waals surface area contributed by atoms with Gasteiger partial charge in [0.1, 0.15) is 0 Å². The average molecular weight is 241 g/mol. The van der Waals surface area contributed by atoms with Crippen molar-refractivity contribution in [1.29, 1.82) is 0 Å². The summed E-state index contributed by atoms with van der Waals surface area (Å²) in [6, 6.07) is 0. The van der Waals surface area contributed by atoms with Crippen molar-refractivity contribution in [3.8, 4) is 0 Å². The average Bonchev–Trinajstić information content (AvgIpc) is 2.26. The SMILES string of the molecule is CCNCC1(OC(C)C)CCC(C(C)C)CC1. The molecule has 0 bridgehead atoms. The molecule has 0 spiro atoms. The van der Waals surface area contributed by atoms with Gasteiger partial charge in [-0.15, -0.1) is 0 Å². The molecule has 17 heavy (non-hydrogen) atoms. The topological polar surface area (TPSA) is 21.3 Å². The van der Waals surface area contributed by atoms with Gasteiger partial charge in [0, 0.05) is 6.54 Å². The van der Waals surface area contributed by atoms with Crippen LogP contribution in [0.1, 0.15) is 60.3 Å². The summed E-state index contributed by atoms with van der Waals surface area (Å²) in [6.45, 7) is 13.2. The molecule has 0 radical (unpaired) electrons. The zero-order valence-electron chi connectivity index (χ0n) is 12.4. The van der Waals surface area contributed by atoms with E-state index in [0.717, 1.165) is 24.9 Å². The summed E-state index contributed by atoms with van der Waals surface area (Å²) in [5.41, 5.74) is 0.107. The van der Waals surface area contributed by atoms with Gasteiger partial charge in [0.25, 0.3) is 0 Å². The number of hydrogen-bond donors (Lipinski definition) is 1. The van der Waals surface area contributed by atoms with Crippen LogP contribution in [0.2, 0.25) is 0 Å². The molecule has 1 saturated carbocycles. The first-order valence-electron chi connectivity index (χ1n) is 7.37. The fraction of sp³-hybridized carbons (Fsp3) is 1.00. The fourth-order valence-electron chi connectivity index (χ4n) is 3.02. The zero-order valence-corrected chi connectivity index (χ0v) is 12.4. The van der Waals surface area contributed by atoms with Crippen molar-refractivity contribution < 1.29 is 4.74 Å². The molecule has 0 heterocycles. The Morgan fingerprint density at radius 3 is 2.18 bits per heavy atom. The van der Waals surface area contributed by atoms with Crippen LogP contribution in [0.3, 0.4) is 0 Å². The lowest BCUT2D eigenvalue weighted by Gasteiger charge is -2.42. The standard InChI is InChI=1S/C15H31NO/c1-6-16-11-15(17-13(4)5)9-7-14(8-10-15)12(2)3/h12-14,16H,6-11H2,1-5H3. The van der Waals surface area contributed by atoms with Gasteiger partial charge in [-0.2, -0.15) is 0 Å². The molecule has 0 aromatic carbocycles. The highest BCUT2D eigenvalue weighted by atomic mass is 16.5. The highest BCUT2D eigenvalue weighted by Gasteiger charge is 2.37. The first kappa shape index (κ1) is 15.0. The van der Waals surface area contributed by atoms with E-state index in [1.54, 1.807) is 0 Å². The van der Waals surface area contributed by atoms with Crippen LogP contribution in [-0.4, -0.2) is 24.8 Å². The van der Waals surface area contributed by atoms with Crippen LogP contribution in [0.5, 0.6) is 0 Å². The maximum absolute atomic E-state index is 6.25. The highest BCUT2D eigenvalue weighted by molar-refractivity contribution is 4.90. The maximum atomic E-state index is 6.25. The second-order valence-electron chi connectivity index (χ2n) is 6.21. The highest BCUT2D eigenvalue weighted by Crippen LogP contribution is 2.38. The fourth-order valence-corrected chi connectivity index (χ4v) is 3.02. The first-order chi connectivity index (χ1) is 7.99. The normalized spacial score (nSPS) is 30.2. The smallest absolute Gasteiger partial charge is 0.0809 e. The van der Waals surface area contributed by atoms with E-state index in [4.69, 9.17) is 4.74 Å². The molecule has 0 amide bonds. The summed E-state index contributed by atoms with van der Waals surface area (Å²) >= 11 is 0. The van der Waals surface area contributed by atoms with E-state index in [9.17, 15) is 0 Å². The molecular weight excluding hydrogens is 210 g/mol. The third-order valence-corrected chi connectivity index (χ3v) is 4.07. The molecule has 1 fully saturated rings. The molecule has 0 aliphatic heterocycles. The summed E-state index contributed by atoms with van der Waals surface area (Å²) < 4.78 is 6.25. The second-order valence-corrected chi connectivity index (χ2v) is 6.21. The summed E-state index contributed by atoms with van der Waals surface area (Å²) in [5.74, 6) is 1.73. The number of rotatable bonds is 6. The molecule has 1 N–H and O–H groups in total. The van der Waals surface area contributed by atoms with Crippen LogP contribution >= 0.6 is 0 Å². The molecule has 0 saturated heterocycles. The number of nitrogens with one attached hydrogen (secondary N) is 1. The Balaban J connectivity index is 2.55. The van der Waals surface area contributed by atoms with E-state index >= 15 is 0 Å². The van der Waals surface area contributed by atoms with E-state index in [0.29, 0.717) is 6.10 Å². The van der Waals surface area contributed by atoms with E-state index in [-0.39, 0.29) is 5.60 Å².